The van der Waals surface area contributed by atoms with Crippen molar-refractivity contribution in [3.05, 3.63) is 58.0 Å². The van der Waals surface area contributed by atoms with Gasteiger partial charge in [-0.3, -0.25) is 19.3 Å². The number of methoxy groups -OCH3 is 1. The van der Waals surface area contributed by atoms with Crippen LogP contribution in [0.4, 0.5) is 4.79 Å². The molecule has 1 heterocycles. The van der Waals surface area contributed by atoms with E-state index in [9.17, 15) is 14.4 Å². The van der Waals surface area contributed by atoms with Crippen LogP contribution in [0.1, 0.15) is 44.1 Å². The SMILES string of the molecule is COc1cc(/C=C2\SC(=O)N(CCOc3ccc(Cl)cc3)C2=O)ccc1OC(=O)C12CC3CC(CC(C3)C1)C2. The number of hydrogen-bond acceptors (Lipinski definition) is 7. The average Bonchev–Trinajstić information content (AvgIpc) is 3.17. The van der Waals surface area contributed by atoms with Crippen molar-refractivity contribution in [3.63, 3.8) is 0 Å². The molecule has 0 aromatic heterocycles. The lowest BCUT2D eigenvalue weighted by atomic mass is 9.49. The smallest absolute Gasteiger partial charge is 0.317 e. The molecule has 0 atom stereocenters. The van der Waals surface area contributed by atoms with E-state index in [0.29, 0.717) is 50.5 Å². The molecule has 39 heavy (non-hydrogen) atoms. The first-order chi connectivity index (χ1) is 18.8. The van der Waals surface area contributed by atoms with Gasteiger partial charge in [-0.05, 0) is 116 Å². The van der Waals surface area contributed by atoms with Gasteiger partial charge in [0.15, 0.2) is 11.5 Å². The number of ether oxygens (including phenoxy) is 3. The molecule has 0 spiro atoms. The second-order valence-corrected chi connectivity index (χ2v) is 12.6. The van der Waals surface area contributed by atoms with E-state index >= 15 is 0 Å². The summed E-state index contributed by atoms with van der Waals surface area (Å²) in [5.41, 5.74) is 0.304. The standard InChI is InChI=1S/C30H30ClNO6S/c1-36-25-13-18(2-7-24(25)38-28(34)30-15-19-10-20(16-30)12-21(11-19)17-30)14-26-27(33)32(29(35)39-26)8-9-37-23-5-3-22(31)4-6-23/h2-7,13-14,19-21H,8-12,15-17H2,1H3/b26-14-. The van der Waals surface area contributed by atoms with Gasteiger partial charge in [-0.1, -0.05) is 17.7 Å². The zero-order valence-electron chi connectivity index (χ0n) is 21.7. The summed E-state index contributed by atoms with van der Waals surface area (Å²) in [7, 11) is 1.52. The van der Waals surface area contributed by atoms with Crippen molar-refractivity contribution < 1.29 is 28.6 Å². The fraction of sp³-hybridized carbons (Fsp3) is 0.433. The van der Waals surface area contributed by atoms with E-state index in [4.69, 9.17) is 25.8 Å². The summed E-state index contributed by atoms with van der Waals surface area (Å²) in [4.78, 5) is 40.3. The third-order valence-corrected chi connectivity index (χ3v) is 9.59. The second kappa shape index (κ2) is 10.5. The van der Waals surface area contributed by atoms with Crippen molar-refractivity contribution in [2.75, 3.05) is 20.3 Å². The Kier molecular flexibility index (Phi) is 7.10. The number of hydrogen-bond donors (Lipinski definition) is 0. The summed E-state index contributed by atoms with van der Waals surface area (Å²) < 4.78 is 17.1. The summed E-state index contributed by atoms with van der Waals surface area (Å²) in [6, 6.07) is 12.1. The predicted octanol–water partition coefficient (Wildman–Crippen LogP) is 6.59. The number of nitrogens with zero attached hydrogens (tertiary/aromatic N) is 1. The first-order valence-electron chi connectivity index (χ1n) is 13.4. The van der Waals surface area contributed by atoms with Gasteiger partial charge in [0.25, 0.3) is 11.1 Å². The monoisotopic (exact) mass is 567 g/mol. The summed E-state index contributed by atoms with van der Waals surface area (Å²) >= 11 is 6.77. The lowest BCUT2D eigenvalue weighted by molar-refractivity contribution is -0.161. The Morgan fingerprint density at radius 1 is 1.03 bits per heavy atom. The molecule has 5 fully saturated rings. The molecular weight excluding hydrogens is 538 g/mol. The van der Waals surface area contributed by atoms with Gasteiger partial charge in [0.1, 0.15) is 12.4 Å². The molecule has 0 unspecified atom stereocenters. The second-order valence-electron chi connectivity index (χ2n) is 11.1. The van der Waals surface area contributed by atoms with Crippen LogP contribution in [-0.2, 0) is 9.59 Å². The van der Waals surface area contributed by atoms with Gasteiger partial charge in [-0.25, -0.2) is 0 Å². The topological polar surface area (TPSA) is 82.1 Å². The van der Waals surface area contributed by atoms with Gasteiger partial charge in [0, 0.05) is 5.02 Å². The Morgan fingerprint density at radius 2 is 1.69 bits per heavy atom. The molecule has 7 nitrogen and oxygen atoms in total. The van der Waals surface area contributed by atoms with Crippen LogP contribution in [0, 0.1) is 23.2 Å². The highest BCUT2D eigenvalue weighted by molar-refractivity contribution is 8.18. The fourth-order valence-corrected chi connectivity index (χ4v) is 8.05. The highest BCUT2D eigenvalue weighted by Gasteiger charge is 2.55. The van der Waals surface area contributed by atoms with Crippen molar-refractivity contribution in [1.29, 1.82) is 0 Å². The first-order valence-corrected chi connectivity index (χ1v) is 14.6. The van der Waals surface area contributed by atoms with E-state index in [0.717, 1.165) is 31.0 Å². The molecule has 5 aliphatic rings. The largest absolute Gasteiger partial charge is 0.493 e. The summed E-state index contributed by atoms with van der Waals surface area (Å²) in [6.07, 6.45) is 8.21. The molecule has 9 heteroatoms. The molecule has 0 N–H and O–H groups in total. The summed E-state index contributed by atoms with van der Waals surface area (Å²) in [6.45, 7) is 0.303. The van der Waals surface area contributed by atoms with Crippen molar-refractivity contribution in [3.8, 4) is 17.2 Å². The molecule has 1 saturated heterocycles. The van der Waals surface area contributed by atoms with E-state index in [1.165, 1.54) is 31.3 Å². The van der Waals surface area contributed by atoms with Crippen molar-refractivity contribution in [1.82, 2.24) is 4.90 Å². The lowest BCUT2D eigenvalue weighted by Crippen LogP contribution is -2.51. The van der Waals surface area contributed by atoms with E-state index in [1.807, 2.05) is 0 Å². The molecule has 7 rings (SSSR count). The van der Waals surface area contributed by atoms with Crippen molar-refractivity contribution in [2.45, 2.75) is 38.5 Å². The number of halogens is 1. The zero-order chi connectivity index (χ0) is 27.1. The number of carbonyl (C=O) groups excluding carboxylic acids is 3. The minimum absolute atomic E-state index is 0.132. The van der Waals surface area contributed by atoms with Crippen LogP contribution in [0.25, 0.3) is 6.08 Å². The molecule has 1 aliphatic heterocycles. The highest BCUT2D eigenvalue weighted by atomic mass is 35.5. The molecule has 4 saturated carbocycles. The maximum absolute atomic E-state index is 13.4. The Balaban J connectivity index is 1.11. The summed E-state index contributed by atoms with van der Waals surface area (Å²) in [5.74, 6) is 2.82. The van der Waals surface area contributed by atoms with Crippen LogP contribution >= 0.6 is 23.4 Å². The third kappa shape index (κ3) is 5.29. The van der Waals surface area contributed by atoms with E-state index < -0.39 is 0 Å². The maximum Gasteiger partial charge on any atom is 0.317 e. The number of imide groups is 1. The van der Waals surface area contributed by atoms with Gasteiger partial charge in [-0.15, -0.1) is 0 Å². The van der Waals surface area contributed by atoms with E-state index in [1.54, 1.807) is 48.5 Å². The molecule has 0 radical (unpaired) electrons. The number of thioether (sulfide) groups is 1. The van der Waals surface area contributed by atoms with Gasteiger partial charge in [-0.2, -0.15) is 0 Å². The summed E-state index contributed by atoms with van der Waals surface area (Å²) in [5, 5.41) is 0.253. The quantitative estimate of drug-likeness (QED) is 0.202. The number of esters is 1. The van der Waals surface area contributed by atoms with Gasteiger partial charge in [0.2, 0.25) is 0 Å². The van der Waals surface area contributed by atoms with Crippen LogP contribution < -0.4 is 14.2 Å². The van der Waals surface area contributed by atoms with Gasteiger partial charge < -0.3 is 14.2 Å². The minimum Gasteiger partial charge on any atom is -0.493 e. The fourth-order valence-electron chi connectivity index (χ4n) is 7.06. The number of carbonyl (C=O) groups is 3. The Morgan fingerprint density at radius 3 is 2.33 bits per heavy atom. The van der Waals surface area contributed by atoms with Crippen LogP contribution in [0.15, 0.2) is 47.4 Å². The van der Waals surface area contributed by atoms with Gasteiger partial charge in [0.05, 0.1) is 24.0 Å². The average molecular weight is 568 g/mol. The predicted molar refractivity (Wildman–Crippen MR) is 149 cm³/mol. The Labute approximate surface area is 236 Å². The third-order valence-electron chi connectivity index (χ3n) is 8.43. The Hall–Kier alpha value is -2.97. The number of benzene rings is 2. The number of amides is 2. The Bertz CT molecular complexity index is 1300. The lowest BCUT2D eigenvalue weighted by Gasteiger charge is -2.55. The molecule has 2 aromatic carbocycles. The number of rotatable bonds is 8. The maximum atomic E-state index is 13.4. The normalized spacial score (nSPS) is 28.3. The molecule has 2 aromatic rings. The van der Waals surface area contributed by atoms with Crippen LogP contribution in [0.2, 0.25) is 5.02 Å². The minimum atomic E-state index is -0.374. The molecule has 4 bridgehead atoms. The molecular formula is C30H30ClNO6S. The molecule has 4 aliphatic carbocycles. The van der Waals surface area contributed by atoms with Crippen LogP contribution in [-0.4, -0.2) is 42.3 Å². The van der Waals surface area contributed by atoms with E-state index in [-0.39, 0.29) is 35.7 Å². The molecule has 204 valence electrons. The van der Waals surface area contributed by atoms with Gasteiger partial charge >= 0.3 is 5.97 Å². The first kappa shape index (κ1) is 26.3. The van der Waals surface area contributed by atoms with Crippen LogP contribution in [0.3, 0.4) is 0 Å². The van der Waals surface area contributed by atoms with Crippen molar-refractivity contribution >= 4 is 46.6 Å². The van der Waals surface area contributed by atoms with Crippen molar-refractivity contribution in [2.24, 2.45) is 23.2 Å². The van der Waals surface area contributed by atoms with E-state index in [2.05, 4.69) is 0 Å². The van der Waals surface area contributed by atoms with Crippen LogP contribution in [0.5, 0.6) is 17.2 Å². The zero-order valence-corrected chi connectivity index (χ0v) is 23.3. The highest BCUT2D eigenvalue weighted by Crippen LogP contribution is 2.60. The molecule has 2 amide bonds.